The maximum Gasteiger partial charge on any atom is 0.290 e. The number of amides is 2. The van der Waals surface area contributed by atoms with Crippen LogP contribution in [0.4, 0.5) is 5.69 Å². The van der Waals surface area contributed by atoms with Gasteiger partial charge in [0, 0.05) is 12.6 Å². The van der Waals surface area contributed by atoms with Gasteiger partial charge in [-0.2, -0.15) is 0 Å². The predicted molar refractivity (Wildman–Crippen MR) is 98.2 cm³/mol. The van der Waals surface area contributed by atoms with Crippen LogP contribution in [-0.4, -0.2) is 41.2 Å². The monoisotopic (exact) mass is 342 g/mol. The Morgan fingerprint density at radius 3 is 2.60 bits per heavy atom. The summed E-state index contributed by atoms with van der Waals surface area (Å²) in [6, 6.07) is 8.88. The molecule has 0 saturated carbocycles. The minimum absolute atomic E-state index is 0.124. The number of nitrogens with one attached hydrogen (secondary N) is 1. The molecule has 1 fully saturated rings. The van der Waals surface area contributed by atoms with Crippen LogP contribution in [0.25, 0.3) is 0 Å². The number of carbonyl (C=O) groups excluding carboxylic acids is 2. The van der Waals surface area contributed by atoms with Crippen LogP contribution in [0.3, 0.4) is 0 Å². The molecule has 1 N–H and O–H groups in total. The molecule has 3 unspecified atom stereocenters. The highest BCUT2D eigenvalue weighted by Gasteiger charge is 2.34. The van der Waals surface area contributed by atoms with Crippen molar-refractivity contribution in [3.63, 3.8) is 0 Å². The van der Waals surface area contributed by atoms with Gasteiger partial charge in [-0.15, -0.1) is 0 Å². The summed E-state index contributed by atoms with van der Waals surface area (Å²) >= 11 is 0. The molecule has 0 aromatic heterocycles. The molecule has 134 valence electrons. The van der Waals surface area contributed by atoms with Gasteiger partial charge in [-0.05, 0) is 44.7 Å². The number of carbonyl (C=O) groups is 2. The zero-order valence-corrected chi connectivity index (χ0v) is 15.1. The molecule has 1 aromatic rings. The van der Waals surface area contributed by atoms with Gasteiger partial charge < -0.3 is 4.90 Å². The molecule has 3 atom stereocenters. The van der Waals surface area contributed by atoms with Crippen molar-refractivity contribution in [2.45, 2.75) is 52.1 Å². The smallest absolute Gasteiger partial charge is 0.290 e. The van der Waals surface area contributed by atoms with E-state index in [0.717, 1.165) is 25.8 Å². The van der Waals surface area contributed by atoms with Crippen molar-refractivity contribution in [1.82, 2.24) is 10.3 Å². The molecule has 2 heterocycles. The number of para-hydroxylation sites is 1. The van der Waals surface area contributed by atoms with E-state index >= 15 is 0 Å². The first-order chi connectivity index (χ1) is 12.0. The number of rotatable bonds is 2. The van der Waals surface area contributed by atoms with Crippen molar-refractivity contribution in [2.24, 2.45) is 10.9 Å². The van der Waals surface area contributed by atoms with Crippen molar-refractivity contribution in [3.8, 4) is 0 Å². The molecule has 0 bridgehead atoms. The maximum absolute atomic E-state index is 13.1. The number of aliphatic imine (C=N–C) groups is 1. The molecule has 2 amide bonds. The standard InChI is InChI=1S/C19H26N4O2/c1-13-8-7-9-14(2)22(12-13)19(25)17-20-15(3)18(24)23(21-17)16-10-5-4-6-11-16/h4-6,10-11,13-15H,7-9,12H2,1-3H3,(H,20,21). The molecular weight excluding hydrogens is 316 g/mol. The summed E-state index contributed by atoms with van der Waals surface area (Å²) in [6.07, 6.45) is 3.27. The van der Waals surface area contributed by atoms with Gasteiger partial charge in [-0.1, -0.05) is 31.5 Å². The molecule has 0 aliphatic carbocycles. The molecular formula is C19H26N4O2. The largest absolute Gasteiger partial charge is 0.333 e. The first kappa shape index (κ1) is 17.5. The zero-order chi connectivity index (χ0) is 18.0. The number of hydrazine groups is 1. The number of hydrogen-bond acceptors (Lipinski definition) is 4. The highest BCUT2D eigenvalue weighted by Crippen LogP contribution is 2.22. The lowest BCUT2D eigenvalue weighted by atomic mass is 10.1. The van der Waals surface area contributed by atoms with Gasteiger partial charge in [-0.3, -0.25) is 15.0 Å². The van der Waals surface area contributed by atoms with Gasteiger partial charge in [0.15, 0.2) is 0 Å². The lowest BCUT2D eigenvalue weighted by Crippen LogP contribution is -2.59. The van der Waals surface area contributed by atoms with Crippen molar-refractivity contribution in [3.05, 3.63) is 30.3 Å². The Labute approximate surface area is 148 Å². The number of nitrogens with zero attached hydrogens (tertiary/aromatic N) is 3. The van der Waals surface area contributed by atoms with E-state index in [0.29, 0.717) is 11.6 Å². The van der Waals surface area contributed by atoms with Crippen molar-refractivity contribution in [1.29, 1.82) is 0 Å². The Kier molecular flexibility index (Phi) is 5.06. The van der Waals surface area contributed by atoms with E-state index in [2.05, 4.69) is 24.3 Å². The van der Waals surface area contributed by atoms with Gasteiger partial charge in [-0.25, -0.2) is 10.0 Å². The average molecular weight is 342 g/mol. The van der Waals surface area contributed by atoms with Crippen molar-refractivity contribution < 1.29 is 9.59 Å². The summed E-state index contributed by atoms with van der Waals surface area (Å²) in [6.45, 7) is 6.72. The molecule has 1 aromatic carbocycles. The predicted octanol–water partition coefficient (Wildman–Crippen LogP) is 2.36. The highest BCUT2D eigenvalue weighted by molar-refractivity contribution is 6.39. The highest BCUT2D eigenvalue weighted by atomic mass is 16.2. The molecule has 0 radical (unpaired) electrons. The van der Waals surface area contributed by atoms with E-state index in [1.54, 1.807) is 6.92 Å². The van der Waals surface area contributed by atoms with Gasteiger partial charge in [0.05, 0.1) is 5.69 Å². The summed E-state index contributed by atoms with van der Waals surface area (Å²) in [5, 5.41) is 1.43. The SMILES string of the molecule is CC1CCCC(C)N(C(=O)C2=NC(C)C(=O)N(c3ccccc3)N2)C1. The Morgan fingerprint density at radius 1 is 1.16 bits per heavy atom. The van der Waals surface area contributed by atoms with Gasteiger partial charge in [0.1, 0.15) is 6.04 Å². The lowest BCUT2D eigenvalue weighted by Gasteiger charge is -2.34. The van der Waals surface area contributed by atoms with E-state index in [-0.39, 0.29) is 23.7 Å². The summed E-state index contributed by atoms with van der Waals surface area (Å²) < 4.78 is 0. The summed E-state index contributed by atoms with van der Waals surface area (Å²) in [7, 11) is 0. The third-order valence-corrected chi connectivity index (χ3v) is 4.96. The Morgan fingerprint density at radius 2 is 1.88 bits per heavy atom. The van der Waals surface area contributed by atoms with Gasteiger partial charge in [0.25, 0.3) is 11.8 Å². The minimum Gasteiger partial charge on any atom is -0.333 e. The molecule has 6 nitrogen and oxygen atoms in total. The molecule has 2 aliphatic rings. The Balaban J connectivity index is 1.84. The molecule has 1 saturated heterocycles. The second-order valence-electron chi connectivity index (χ2n) is 7.12. The zero-order valence-electron chi connectivity index (χ0n) is 15.1. The van der Waals surface area contributed by atoms with E-state index in [9.17, 15) is 9.59 Å². The van der Waals surface area contributed by atoms with Crippen LogP contribution in [0.2, 0.25) is 0 Å². The number of benzene rings is 1. The van der Waals surface area contributed by atoms with E-state index in [1.165, 1.54) is 5.01 Å². The summed E-state index contributed by atoms with van der Waals surface area (Å²) in [5.74, 6) is 0.431. The lowest BCUT2D eigenvalue weighted by molar-refractivity contribution is -0.126. The fraction of sp³-hybridized carbons (Fsp3) is 0.526. The molecule has 25 heavy (non-hydrogen) atoms. The topological polar surface area (TPSA) is 65.0 Å². The molecule has 3 rings (SSSR count). The van der Waals surface area contributed by atoms with Crippen LogP contribution in [-0.2, 0) is 9.59 Å². The number of anilines is 1. The van der Waals surface area contributed by atoms with Gasteiger partial charge >= 0.3 is 0 Å². The molecule has 0 spiro atoms. The van der Waals surface area contributed by atoms with Crippen LogP contribution in [0.15, 0.2) is 35.3 Å². The summed E-state index contributed by atoms with van der Waals surface area (Å²) in [5.41, 5.74) is 3.65. The third kappa shape index (κ3) is 3.67. The average Bonchev–Trinajstić information content (AvgIpc) is 2.78. The van der Waals surface area contributed by atoms with Crippen LogP contribution in [0.1, 0.15) is 40.0 Å². The molecule has 2 aliphatic heterocycles. The van der Waals surface area contributed by atoms with Crippen LogP contribution < -0.4 is 10.4 Å². The van der Waals surface area contributed by atoms with Crippen molar-refractivity contribution in [2.75, 3.05) is 11.6 Å². The van der Waals surface area contributed by atoms with Crippen LogP contribution >= 0.6 is 0 Å². The van der Waals surface area contributed by atoms with E-state index < -0.39 is 6.04 Å². The van der Waals surface area contributed by atoms with Crippen LogP contribution in [0.5, 0.6) is 0 Å². The second-order valence-corrected chi connectivity index (χ2v) is 7.12. The van der Waals surface area contributed by atoms with E-state index in [4.69, 9.17) is 0 Å². The Bertz CT molecular complexity index is 673. The summed E-state index contributed by atoms with van der Waals surface area (Å²) in [4.78, 5) is 31.8. The number of amidine groups is 1. The third-order valence-electron chi connectivity index (χ3n) is 4.96. The molecule has 6 heteroatoms. The van der Waals surface area contributed by atoms with Crippen LogP contribution in [0, 0.1) is 5.92 Å². The minimum atomic E-state index is -0.583. The first-order valence-corrected chi connectivity index (χ1v) is 9.02. The number of likely N-dealkylation sites (tertiary alicyclic amines) is 1. The second kappa shape index (κ2) is 7.25. The normalized spacial score (nSPS) is 27.4. The maximum atomic E-state index is 13.1. The van der Waals surface area contributed by atoms with Gasteiger partial charge in [0.2, 0.25) is 5.84 Å². The fourth-order valence-corrected chi connectivity index (χ4v) is 3.44. The fourth-order valence-electron chi connectivity index (χ4n) is 3.44. The first-order valence-electron chi connectivity index (χ1n) is 9.02. The Hall–Kier alpha value is -2.37. The quantitative estimate of drug-likeness (QED) is 0.897. The van der Waals surface area contributed by atoms with E-state index in [1.807, 2.05) is 35.2 Å². The van der Waals surface area contributed by atoms with Crippen molar-refractivity contribution >= 4 is 23.3 Å². The number of hydrogen-bond donors (Lipinski definition) is 1.